The Morgan fingerprint density at radius 2 is 1.87 bits per heavy atom. The quantitative estimate of drug-likeness (QED) is 0.722. The van der Waals surface area contributed by atoms with Gasteiger partial charge in [0, 0.05) is 45.6 Å². The first-order valence-electron chi connectivity index (χ1n) is 10.5. The number of piperazine rings is 1. The van der Waals surface area contributed by atoms with E-state index in [4.69, 9.17) is 4.74 Å². The molecule has 166 valence electrons. The molecule has 1 unspecified atom stereocenters. The van der Waals surface area contributed by atoms with E-state index in [0.29, 0.717) is 30.2 Å². The van der Waals surface area contributed by atoms with Gasteiger partial charge in [0.05, 0.1) is 17.5 Å². The van der Waals surface area contributed by atoms with Gasteiger partial charge in [0.2, 0.25) is 21.8 Å². The molecule has 2 heterocycles. The second-order valence-electron chi connectivity index (χ2n) is 8.04. The van der Waals surface area contributed by atoms with Crippen LogP contribution in [0, 0.1) is 13.8 Å². The van der Waals surface area contributed by atoms with Crippen molar-refractivity contribution in [3.05, 3.63) is 29.3 Å². The average Bonchev–Trinajstić information content (AvgIpc) is 2.74. The number of ether oxygens (including phenoxy) is 1. The molecular formula is C21H31N3O5S. The summed E-state index contributed by atoms with van der Waals surface area (Å²) >= 11 is 0. The topological polar surface area (TPSA) is 96.0 Å². The van der Waals surface area contributed by atoms with Crippen molar-refractivity contribution in [2.24, 2.45) is 0 Å². The molecule has 2 saturated heterocycles. The van der Waals surface area contributed by atoms with Gasteiger partial charge < -0.3 is 15.0 Å². The number of aryl methyl sites for hydroxylation is 2. The van der Waals surface area contributed by atoms with Crippen molar-refractivity contribution in [3.63, 3.8) is 0 Å². The highest BCUT2D eigenvalue weighted by molar-refractivity contribution is 7.89. The smallest absolute Gasteiger partial charge is 0.243 e. The first-order chi connectivity index (χ1) is 14.3. The number of carbonyl (C=O) groups excluding carboxylic acids is 2. The van der Waals surface area contributed by atoms with Gasteiger partial charge in [-0.15, -0.1) is 0 Å². The Morgan fingerprint density at radius 3 is 2.53 bits per heavy atom. The number of carbonyl (C=O) groups is 2. The van der Waals surface area contributed by atoms with Crippen molar-refractivity contribution in [1.29, 1.82) is 0 Å². The molecule has 2 aliphatic heterocycles. The summed E-state index contributed by atoms with van der Waals surface area (Å²) < 4.78 is 32.8. The Hall–Kier alpha value is -1.97. The zero-order chi connectivity index (χ0) is 21.7. The van der Waals surface area contributed by atoms with E-state index >= 15 is 0 Å². The summed E-state index contributed by atoms with van der Waals surface area (Å²) in [5, 5.41) is 2.91. The van der Waals surface area contributed by atoms with Crippen LogP contribution in [0.1, 0.15) is 36.8 Å². The van der Waals surface area contributed by atoms with Crippen LogP contribution < -0.4 is 5.32 Å². The van der Waals surface area contributed by atoms with Gasteiger partial charge in [0.15, 0.2) is 0 Å². The van der Waals surface area contributed by atoms with Gasteiger partial charge in [-0.3, -0.25) is 9.59 Å². The minimum Gasteiger partial charge on any atom is -0.379 e. The minimum absolute atomic E-state index is 0.0279. The van der Waals surface area contributed by atoms with Crippen molar-refractivity contribution in [3.8, 4) is 0 Å². The highest BCUT2D eigenvalue weighted by Gasteiger charge is 2.31. The van der Waals surface area contributed by atoms with Crippen LogP contribution in [0.5, 0.6) is 0 Å². The number of benzene rings is 1. The lowest BCUT2D eigenvalue weighted by Crippen LogP contribution is -2.50. The fourth-order valence-electron chi connectivity index (χ4n) is 3.84. The molecule has 1 atom stereocenters. The lowest BCUT2D eigenvalue weighted by atomic mass is 10.1. The Balaban J connectivity index is 1.48. The van der Waals surface area contributed by atoms with E-state index in [9.17, 15) is 18.0 Å². The second-order valence-corrected chi connectivity index (χ2v) is 9.94. The summed E-state index contributed by atoms with van der Waals surface area (Å²) in [6, 6.07) is 5.42. The molecule has 0 radical (unpaired) electrons. The van der Waals surface area contributed by atoms with Crippen LogP contribution in [0.3, 0.4) is 0 Å². The third-order valence-electron chi connectivity index (χ3n) is 5.64. The first-order valence-corrected chi connectivity index (χ1v) is 11.9. The maximum Gasteiger partial charge on any atom is 0.243 e. The minimum atomic E-state index is -3.59. The molecule has 3 rings (SSSR count). The molecule has 1 N–H and O–H groups in total. The van der Waals surface area contributed by atoms with E-state index in [1.807, 2.05) is 19.1 Å². The number of hydrogen-bond acceptors (Lipinski definition) is 5. The maximum absolute atomic E-state index is 13.0. The fourth-order valence-corrected chi connectivity index (χ4v) is 5.57. The lowest BCUT2D eigenvalue weighted by Gasteiger charge is -2.34. The number of nitrogens with one attached hydrogen (secondary N) is 1. The third kappa shape index (κ3) is 5.59. The molecule has 0 bridgehead atoms. The molecule has 30 heavy (non-hydrogen) atoms. The van der Waals surface area contributed by atoms with Crippen molar-refractivity contribution < 1.29 is 22.7 Å². The molecule has 2 aliphatic rings. The SMILES string of the molecule is Cc1ccc(C)c(S(=O)(=O)N2CCN(C(=O)CCC(=O)NC3CCCOC3)CC2)c1. The Labute approximate surface area is 178 Å². The van der Waals surface area contributed by atoms with Crippen molar-refractivity contribution in [2.75, 3.05) is 39.4 Å². The van der Waals surface area contributed by atoms with Crippen LogP contribution in [-0.4, -0.2) is 74.9 Å². The van der Waals surface area contributed by atoms with Crippen LogP contribution in [0.2, 0.25) is 0 Å². The van der Waals surface area contributed by atoms with E-state index in [2.05, 4.69) is 5.32 Å². The van der Waals surface area contributed by atoms with Crippen LogP contribution in [0.15, 0.2) is 23.1 Å². The predicted molar refractivity (Wildman–Crippen MR) is 112 cm³/mol. The fraction of sp³-hybridized carbons (Fsp3) is 0.619. The van der Waals surface area contributed by atoms with Crippen molar-refractivity contribution in [1.82, 2.24) is 14.5 Å². The monoisotopic (exact) mass is 437 g/mol. The lowest BCUT2D eigenvalue weighted by molar-refractivity contribution is -0.134. The third-order valence-corrected chi connectivity index (χ3v) is 7.68. The molecule has 0 aliphatic carbocycles. The highest BCUT2D eigenvalue weighted by Crippen LogP contribution is 2.22. The number of amides is 2. The van der Waals surface area contributed by atoms with Crippen LogP contribution in [0.25, 0.3) is 0 Å². The van der Waals surface area contributed by atoms with Gasteiger partial charge in [-0.2, -0.15) is 4.31 Å². The molecule has 2 fully saturated rings. The van der Waals surface area contributed by atoms with Gasteiger partial charge >= 0.3 is 0 Å². The van der Waals surface area contributed by atoms with Crippen LogP contribution in [-0.2, 0) is 24.3 Å². The maximum atomic E-state index is 13.0. The summed E-state index contributed by atoms with van der Waals surface area (Å²) in [5.74, 6) is -0.260. The van der Waals surface area contributed by atoms with E-state index in [-0.39, 0.29) is 43.8 Å². The van der Waals surface area contributed by atoms with Gasteiger partial charge in [-0.05, 0) is 43.9 Å². The zero-order valence-corrected chi connectivity index (χ0v) is 18.5. The largest absolute Gasteiger partial charge is 0.379 e. The molecule has 1 aromatic carbocycles. The first kappa shape index (κ1) is 22.7. The van der Waals surface area contributed by atoms with Crippen molar-refractivity contribution in [2.45, 2.75) is 50.5 Å². The summed E-state index contributed by atoms with van der Waals surface area (Å²) in [6.07, 6.45) is 2.09. The van der Waals surface area contributed by atoms with Gasteiger partial charge in [-0.1, -0.05) is 12.1 Å². The second kappa shape index (κ2) is 9.89. The molecule has 8 nitrogen and oxygen atoms in total. The number of hydrogen-bond donors (Lipinski definition) is 1. The van der Waals surface area contributed by atoms with E-state index < -0.39 is 10.0 Å². The highest BCUT2D eigenvalue weighted by atomic mass is 32.2. The molecule has 2 amide bonds. The molecule has 1 aromatic rings. The molecule has 9 heteroatoms. The van der Waals surface area contributed by atoms with Crippen LogP contribution >= 0.6 is 0 Å². The van der Waals surface area contributed by atoms with E-state index in [1.54, 1.807) is 17.9 Å². The normalized spacial score (nSPS) is 20.7. The van der Waals surface area contributed by atoms with Crippen LogP contribution in [0.4, 0.5) is 0 Å². The molecule has 0 saturated carbocycles. The van der Waals surface area contributed by atoms with Gasteiger partial charge in [0.1, 0.15) is 0 Å². The zero-order valence-electron chi connectivity index (χ0n) is 17.7. The Morgan fingerprint density at radius 1 is 1.13 bits per heavy atom. The predicted octanol–water partition coefficient (Wildman–Crippen LogP) is 1.21. The van der Waals surface area contributed by atoms with E-state index in [1.165, 1.54) is 4.31 Å². The van der Waals surface area contributed by atoms with Gasteiger partial charge in [-0.25, -0.2) is 8.42 Å². The molecular weight excluding hydrogens is 406 g/mol. The summed E-state index contributed by atoms with van der Waals surface area (Å²) in [7, 11) is -3.59. The average molecular weight is 438 g/mol. The number of nitrogens with zero attached hydrogens (tertiary/aromatic N) is 2. The summed E-state index contributed by atoms with van der Waals surface area (Å²) in [5.41, 5.74) is 1.61. The Bertz CT molecular complexity index is 873. The Kier molecular flexibility index (Phi) is 7.49. The summed E-state index contributed by atoms with van der Waals surface area (Å²) in [6.45, 7) is 6.10. The molecule has 0 aromatic heterocycles. The van der Waals surface area contributed by atoms with Crippen molar-refractivity contribution >= 4 is 21.8 Å². The number of rotatable bonds is 6. The van der Waals surface area contributed by atoms with E-state index in [0.717, 1.165) is 25.0 Å². The standard InChI is InChI=1S/C21H31N3O5S/c1-16-5-6-17(2)19(14-16)30(27,28)24-11-9-23(10-12-24)21(26)8-7-20(25)22-18-4-3-13-29-15-18/h5-6,14,18H,3-4,7-13,15H2,1-2H3,(H,22,25). The van der Waals surface area contributed by atoms with Gasteiger partial charge in [0.25, 0.3) is 0 Å². The number of sulfonamides is 1. The summed E-state index contributed by atoms with van der Waals surface area (Å²) in [4.78, 5) is 26.5. The molecule has 0 spiro atoms.